The fourth-order valence-electron chi connectivity index (χ4n) is 5.19. The highest BCUT2D eigenvalue weighted by molar-refractivity contribution is 5.73. The zero-order valence-electron chi connectivity index (χ0n) is 23.6. The zero-order chi connectivity index (χ0) is 31.1. The van der Waals surface area contributed by atoms with Crippen molar-refractivity contribution in [2.24, 2.45) is 28.7 Å². The van der Waals surface area contributed by atoms with Gasteiger partial charge in [0.25, 0.3) is 0 Å². The minimum Gasteiger partial charge on any atom is -0.463 e. The molecule has 18 nitrogen and oxygen atoms in total. The molecule has 18 heteroatoms. The Hall–Kier alpha value is -1.78. The van der Waals surface area contributed by atoms with Crippen molar-refractivity contribution in [2.75, 3.05) is 26.7 Å². The molecule has 0 aromatic heterocycles. The maximum absolute atomic E-state index is 12.1. The van der Waals surface area contributed by atoms with Crippen LogP contribution in [-0.2, 0) is 28.5 Å². The van der Waals surface area contributed by atoms with E-state index in [2.05, 4.69) is 10.6 Å². The number of aliphatic hydroxyl groups excluding tert-OH is 4. The van der Waals surface area contributed by atoms with E-state index in [9.17, 15) is 30.0 Å². The van der Waals surface area contributed by atoms with Gasteiger partial charge in [0.15, 0.2) is 12.6 Å². The summed E-state index contributed by atoms with van der Waals surface area (Å²) < 4.78 is 28.4. The van der Waals surface area contributed by atoms with Crippen molar-refractivity contribution in [1.82, 2.24) is 10.6 Å². The highest BCUT2D eigenvalue weighted by Gasteiger charge is 2.50. The SMILES string of the molecule is CNC(=O)NCCCC(=O)OCC1OC(OC2C(N)CC(N)C(OC3OC(CN)C(O)CC3N)C2O)C(O)C(N)C1O. The molecule has 3 rings (SSSR count). The van der Waals surface area contributed by atoms with Crippen LogP contribution in [0.15, 0.2) is 0 Å². The average Bonchev–Trinajstić information content (AvgIpc) is 2.95. The van der Waals surface area contributed by atoms with Gasteiger partial charge in [-0.3, -0.25) is 4.79 Å². The normalized spacial score (nSPS) is 42.5. The number of nitrogens with one attached hydrogen (secondary N) is 2. The third kappa shape index (κ3) is 8.65. The van der Waals surface area contributed by atoms with Crippen LogP contribution in [0.25, 0.3) is 0 Å². The molecule has 1 saturated carbocycles. The number of hydrogen-bond acceptors (Lipinski definition) is 16. The van der Waals surface area contributed by atoms with E-state index >= 15 is 0 Å². The van der Waals surface area contributed by atoms with Gasteiger partial charge in [-0.25, -0.2) is 4.79 Å². The molecule has 2 amide bonds. The first-order chi connectivity index (χ1) is 19.9. The molecule has 42 heavy (non-hydrogen) atoms. The number of ether oxygens (including phenoxy) is 5. The number of amides is 2. The molecule has 2 heterocycles. The quantitative estimate of drug-likeness (QED) is 0.0766. The first kappa shape index (κ1) is 34.7. The number of urea groups is 1. The van der Waals surface area contributed by atoms with Crippen LogP contribution < -0.4 is 39.3 Å². The van der Waals surface area contributed by atoms with Crippen molar-refractivity contribution in [3.63, 3.8) is 0 Å². The summed E-state index contributed by atoms with van der Waals surface area (Å²) in [5, 5.41) is 47.4. The number of aliphatic hydroxyl groups is 4. The summed E-state index contributed by atoms with van der Waals surface area (Å²) in [6, 6.07) is -3.91. The van der Waals surface area contributed by atoms with Crippen molar-refractivity contribution < 1.29 is 53.7 Å². The van der Waals surface area contributed by atoms with Crippen molar-refractivity contribution in [1.29, 1.82) is 0 Å². The smallest absolute Gasteiger partial charge is 0.314 e. The van der Waals surface area contributed by atoms with Gasteiger partial charge in [0.1, 0.15) is 43.2 Å². The van der Waals surface area contributed by atoms with Gasteiger partial charge in [0.2, 0.25) is 0 Å². The number of esters is 1. The second kappa shape index (κ2) is 15.8. The van der Waals surface area contributed by atoms with Crippen LogP contribution in [0.4, 0.5) is 4.79 Å². The Morgan fingerprint density at radius 2 is 1.48 bits per heavy atom. The second-order valence-corrected chi connectivity index (χ2v) is 10.9. The first-order valence-corrected chi connectivity index (χ1v) is 14.1. The van der Waals surface area contributed by atoms with Gasteiger partial charge in [-0.2, -0.15) is 0 Å². The lowest BCUT2D eigenvalue weighted by Crippen LogP contribution is -2.68. The van der Waals surface area contributed by atoms with E-state index in [1.165, 1.54) is 7.05 Å². The number of nitrogens with two attached hydrogens (primary N) is 5. The Morgan fingerprint density at radius 1 is 0.857 bits per heavy atom. The van der Waals surface area contributed by atoms with Crippen LogP contribution in [0, 0.1) is 0 Å². The molecule has 3 fully saturated rings. The fourth-order valence-corrected chi connectivity index (χ4v) is 5.19. The molecule has 2 aliphatic heterocycles. The van der Waals surface area contributed by atoms with E-state index in [4.69, 9.17) is 52.4 Å². The molecule has 244 valence electrons. The van der Waals surface area contributed by atoms with Crippen LogP contribution in [0.3, 0.4) is 0 Å². The molecule has 0 bridgehead atoms. The summed E-state index contributed by atoms with van der Waals surface area (Å²) in [4.78, 5) is 23.3. The Morgan fingerprint density at radius 3 is 2.10 bits per heavy atom. The van der Waals surface area contributed by atoms with Crippen molar-refractivity contribution >= 4 is 12.0 Å². The standard InChI is InChI=1S/C24H47N7O11/c1-30-24(37)31-4-2-3-15(33)38-8-14-17(34)16(29)18(35)23(40-14)42-21-10(27)5-9(26)20(19(21)36)41-22-11(28)6-12(32)13(7-25)39-22/h9-14,16-23,32,34-36H,2-8,25-29H2,1H3,(H2,30,31,37). The maximum atomic E-state index is 12.1. The lowest BCUT2D eigenvalue weighted by Gasteiger charge is -2.47. The van der Waals surface area contributed by atoms with E-state index < -0.39 is 98.2 Å². The summed E-state index contributed by atoms with van der Waals surface area (Å²) in [6.45, 7) is -0.126. The molecule has 0 radical (unpaired) electrons. The van der Waals surface area contributed by atoms with E-state index in [0.717, 1.165) is 0 Å². The molecule has 2 saturated heterocycles. The van der Waals surface area contributed by atoms with E-state index in [0.29, 0.717) is 6.42 Å². The number of carbonyl (C=O) groups excluding carboxylic acids is 2. The van der Waals surface area contributed by atoms with Crippen molar-refractivity contribution in [3.05, 3.63) is 0 Å². The van der Waals surface area contributed by atoms with Crippen LogP contribution in [0.2, 0.25) is 0 Å². The number of hydrogen-bond donors (Lipinski definition) is 11. The van der Waals surface area contributed by atoms with Gasteiger partial charge in [-0.1, -0.05) is 0 Å². The van der Waals surface area contributed by atoms with Crippen LogP contribution >= 0.6 is 0 Å². The highest BCUT2D eigenvalue weighted by atomic mass is 16.7. The van der Waals surface area contributed by atoms with E-state index in [1.54, 1.807) is 0 Å². The van der Waals surface area contributed by atoms with Crippen molar-refractivity contribution in [3.8, 4) is 0 Å². The highest BCUT2D eigenvalue weighted by Crippen LogP contribution is 2.31. The van der Waals surface area contributed by atoms with E-state index in [1.807, 2.05) is 0 Å². The lowest BCUT2D eigenvalue weighted by molar-refractivity contribution is -0.315. The molecule has 0 aromatic carbocycles. The van der Waals surface area contributed by atoms with Crippen molar-refractivity contribution in [2.45, 2.75) is 111 Å². The fraction of sp³-hybridized carbons (Fsp3) is 0.917. The molecule has 1 aliphatic carbocycles. The third-order valence-corrected chi connectivity index (χ3v) is 7.71. The molecule has 16 N–H and O–H groups in total. The van der Waals surface area contributed by atoms with Gasteiger partial charge in [0.05, 0.1) is 24.3 Å². The lowest BCUT2D eigenvalue weighted by atomic mass is 9.84. The maximum Gasteiger partial charge on any atom is 0.314 e. The summed E-state index contributed by atoms with van der Waals surface area (Å²) >= 11 is 0. The molecule has 14 atom stereocenters. The van der Waals surface area contributed by atoms with Crippen LogP contribution in [0.1, 0.15) is 25.7 Å². The predicted molar refractivity (Wildman–Crippen MR) is 144 cm³/mol. The molecule has 0 spiro atoms. The van der Waals surface area contributed by atoms with Crippen LogP contribution in [0.5, 0.6) is 0 Å². The minimum absolute atomic E-state index is 0.00840. The minimum atomic E-state index is -1.53. The van der Waals surface area contributed by atoms with Gasteiger partial charge in [-0.15, -0.1) is 0 Å². The van der Waals surface area contributed by atoms with Gasteiger partial charge in [-0.05, 0) is 19.3 Å². The Balaban J connectivity index is 1.59. The molecule has 0 aromatic rings. The molecular formula is C24H47N7O11. The molecule has 3 aliphatic rings. The van der Waals surface area contributed by atoms with E-state index in [-0.39, 0.29) is 38.4 Å². The first-order valence-electron chi connectivity index (χ1n) is 14.1. The Bertz CT molecular complexity index is 879. The Labute approximate surface area is 243 Å². The average molecular weight is 610 g/mol. The topological polar surface area (TPSA) is 315 Å². The molecular weight excluding hydrogens is 562 g/mol. The third-order valence-electron chi connectivity index (χ3n) is 7.71. The molecule has 14 unspecified atom stereocenters. The summed E-state index contributed by atoms with van der Waals surface area (Å²) in [5.74, 6) is -0.604. The number of rotatable bonds is 11. The van der Waals surface area contributed by atoms with Crippen LogP contribution in [-0.4, -0.2) is 145 Å². The summed E-state index contributed by atoms with van der Waals surface area (Å²) in [5.41, 5.74) is 30.2. The predicted octanol–water partition coefficient (Wildman–Crippen LogP) is -6.04. The zero-order valence-corrected chi connectivity index (χ0v) is 23.6. The Kier molecular flexibility index (Phi) is 13.1. The summed E-state index contributed by atoms with van der Waals surface area (Å²) in [7, 11) is 1.47. The monoisotopic (exact) mass is 609 g/mol. The summed E-state index contributed by atoms with van der Waals surface area (Å²) in [6.07, 6.45) is -11.2. The van der Waals surface area contributed by atoms with Gasteiger partial charge >= 0.3 is 12.0 Å². The largest absolute Gasteiger partial charge is 0.463 e. The second-order valence-electron chi connectivity index (χ2n) is 10.9. The van der Waals surface area contributed by atoms with Gasteiger partial charge < -0.3 is 83.4 Å². The van der Waals surface area contributed by atoms with Gasteiger partial charge in [0, 0.05) is 38.6 Å². The number of carbonyl (C=O) groups is 2.